The fraction of sp³-hybridized carbons (Fsp3) is 0.905. The van der Waals surface area contributed by atoms with Crippen LogP contribution in [0.5, 0.6) is 0 Å². The molecule has 0 bridgehead atoms. The standard InChI is InChI=1S/C21H41N5O/c1-16(2)26(17(3)4)14-12-23-21(22-5)24-19-11-13-25(15-19)20(27)18-9-7-6-8-10-18/h16-19H,6-15H2,1-5H3,(H2,22,23,24). The summed E-state index contributed by atoms with van der Waals surface area (Å²) in [6.45, 7) is 12.5. The molecule has 156 valence electrons. The molecule has 27 heavy (non-hydrogen) atoms. The normalized spacial score (nSPS) is 22.1. The van der Waals surface area contributed by atoms with Gasteiger partial charge >= 0.3 is 0 Å². The lowest BCUT2D eigenvalue weighted by molar-refractivity contribution is -0.135. The molecule has 1 aliphatic carbocycles. The molecule has 1 saturated carbocycles. The Kier molecular flexibility index (Phi) is 8.87. The molecule has 0 aromatic rings. The van der Waals surface area contributed by atoms with Crippen LogP contribution in [0.3, 0.4) is 0 Å². The molecule has 0 aromatic carbocycles. The van der Waals surface area contributed by atoms with Gasteiger partial charge < -0.3 is 15.5 Å². The highest BCUT2D eigenvalue weighted by Gasteiger charge is 2.31. The number of rotatable bonds is 7. The van der Waals surface area contributed by atoms with Crippen LogP contribution in [0.15, 0.2) is 4.99 Å². The van der Waals surface area contributed by atoms with E-state index < -0.39 is 0 Å². The number of carbonyl (C=O) groups is 1. The Morgan fingerprint density at radius 2 is 1.78 bits per heavy atom. The number of amides is 1. The molecule has 2 rings (SSSR count). The maximum atomic E-state index is 12.7. The van der Waals surface area contributed by atoms with Crippen LogP contribution >= 0.6 is 0 Å². The minimum Gasteiger partial charge on any atom is -0.355 e. The van der Waals surface area contributed by atoms with E-state index >= 15 is 0 Å². The molecule has 1 heterocycles. The topological polar surface area (TPSA) is 60.0 Å². The van der Waals surface area contributed by atoms with Crippen molar-refractivity contribution in [1.82, 2.24) is 20.4 Å². The third-order valence-electron chi connectivity index (χ3n) is 6.01. The van der Waals surface area contributed by atoms with E-state index in [1.165, 1.54) is 19.3 Å². The maximum absolute atomic E-state index is 12.7. The van der Waals surface area contributed by atoms with Crippen LogP contribution in [0.1, 0.15) is 66.2 Å². The van der Waals surface area contributed by atoms with Crippen molar-refractivity contribution >= 4 is 11.9 Å². The van der Waals surface area contributed by atoms with E-state index in [2.05, 4.69) is 53.1 Å². The Morgan fingerprint density at radius 1 is 1.11 bits per heavy atom. The average molecular weight is 380 g/mol. The predicted octanol–water partition coefficient (Wildman–Crippen LogP) is 2.45. The summed E-state index contributed by atoms with van der Waals surface area (Å²) in [5.41, 5.74) is 0. The van der Waals surface area contributed by atoms with E-state index in [1.807, 2.05) is 7.05 Å². The lowest BCUT2D eigenvalue weighted by atomic mass is 9.88. The Hall–Kier alpha value is -1.30. The van der Waals surface area contributed by atoms with Crippen LogP contribution in [0.4, 0.5) is 0 Å². The molecule has 2 aliphatic rings. The highest BCUT2D eigenvalue weighted by atomic mass is 16.2. The number of nitrogens with zero attached hydrogens (tertiary/aromatic N) is 3. The third kappa shape index (κ3) is 6.66. The van der Waals surface area contributed by atoms with Gasteiger partial charge in [0.05, 0.1) is 0 Å². The number of nitrogens with one attached hydrogen (secondary N) is 2. The number of guanidine groups is 1. The monoisotopic (exact) mass is 379 g/mol. The molecule has 2 N–H and O–H groups in total. The van der Waals surface area contributed by atoms with Crippen molar-refractivity contribution in [3.63, 3.8) is 0 Å². The van der Waals surface area contributed by atoms with Gasteiger partial charge in [0.15, 0.2) is 5.96 Å². The fourth-order valence-corrected chi connectivity index (χ4v) is 4.49. The lowest BCUT2D eigenvalue weighted by Crippen LogP contribution is -2.48. The Labute approximate surface area is 166 Å². The summed E-state index contributed by atoms with van der Waals surface area (Å²) in [7, 11) is 1.82. The summed E-state index contributed by atoms with van der Waals surface area (Å²) < 4.78 is 0. The molecule has 6 nitrogen and oxygen atoms in total. The van der Waals surface area contributed by atoms with Crippen molar-refractivity contribution in [3.8, 4) is 0 Å². The van der Waals surface area contributed by atoms with Gasteiger partial charge in [-0.2, -0.15) is 0 Å². The van der Waals surface area contributed by atoms with Crippen molar-refractivity contribution in [3.05, 3.63) is 0 Å². The zero-order valence-electron chi connectivity index (χ0n) is 18.1. The number of hydrogen-bond donors (Lipinski definition) is 2. The van der Waals surface area contributed by atoms with Crippen LogP contribution in [-0.4, -0.2) is 73.0 Å². The first-order valence-electron chi connectivity index (χ1n) is 10.9. The maximum Gasteiger partial charge on any atom is 0.225 e. The number of hydrogen-bond acceptors (Lipinski definition) is 3. The van der Waals surface area contributed by atoms with Gasteiger partial charge in [0.25, 0.3) is 0 Å². The summed E-state index contributed by atoms with van der Waals surface area (Å²) in [6, 6.07) is 1.38. The molecule has 0 radical (unpaired) electrons. The van der Waals surface area contributed by atoms with Crippen LogP contribution < -0.4 is 10.6 Å². The van der Waals surface area contributed by atoms with Crippen LogP contribution in [0.25, 0.3) is 0 Å². The van der Waals surface area contributed by atoms with Crippen molar-refractivity contribution in [2.24, 2.45) is 10.9 Å². The molecule has 1 saturated heterocycles. The summed E-state index contributed by atoms with van der Waals surface area (Å²) in [6.07, 6.45) is 6.89. The van der Waals surface area contributed by atoms with E-state index in [1.54, 1.807) is 0 Å². The first-order chi connectivity index (χ1) is 12.9. The first kappa shape index (κ1) is 22.0. The van der Waals surface area contributed by atoms with Crippen LogP contribution in [0.2, 0.25) is 0 Å². The Bertz CT molecular complexity index is 477. The molecule has 2 fully saturated rings. The van der Waals surface area contributed by atoms with E-state index in [-0.39, 0.29) is 5.92 Å². The first-order valence-corrected chi connectivity index (χ1v) is 10.9. The highest BCUT2D eigenvalue weighted by molar-refractivity contribution is 5.81. The highest BCUT2D eigenvalue weighted by Crippen LogP contribution is 2.26. The minimum atomic E-state index is 0.271. The molecule has 0 spiro atoms. The number of aliphatic imine (C=N–C) groups is 1. The average Bonchev–Trinajstić information content (AvgIpc) is 3.12. The van der Waals surface area contributed by atoms with E-state index in [4.69, 9.17) is 0 Å². The van der Waals surface area contributed by atoms with Gasteiger partial charge in [-0.05, 0) is 47.0 Å². The van der Waals surface area contributed by atoms with E-state index in [9.17, 15) is 4.79 Å². The Morgan fingerprint density at radius 3 is 2.37 bits per heavy atom. The van der Waals surface area contributed by atoms with Crippen molar-refractivity contribution in [2.45, 2.75) is 84.3 Å². The quantitative estimate of drug-likeness (QED) is 0.527. The van der Waals surface area contributed by atoms with E-state index in [0.717, 1.165) is 51.4 Å². The van der Waals surface area contributed by atoms with Crippen molar-refractivity contribution < 1.29 is 4.79 Å². The smallest absolute Gasteiger partial charge is 0.225 e. The predicted molar refractivity (Wildman–Crippen MR) is 113 cm³/mol. The van der Waals surface area contributed by atoms with Crippen LogP contribution in [-0.2, 0) is 4.79 Å². The third-order valence-corrected chi connectivity index (χ3v) is 6.01. The SMILES string of the molecule is CN=C(NCCN(C(C)C)C(C)C)NC1CCN(C(=O)C2CCCCC2)C1. The summed E-state index contributed by atoms with van der Waals surface area (Å²) in [5.74, 6) is 1.50. The van der Waals surface area contributed by atoms with Gasteiger partial charge in [0.1, 0.15) is 0 Å². The molecule has 1 aliphatic heterocycles. The molecule has 1 unspecified atom stereocenters. The van der Waals surface area contributed by atoms with Gasteiger partial charge in [-0.1, -0.05) is 19.3 Å². The molecular weight excluding hydrogens is 338 g/mol. The fourth-order valence-electron chi connectivity index (χ4n) is 4.49. The minimum absolute atomic E-state index is 0.271. The van der Waals surface area contributed by atoms with Crippen molar-refractivity contribution in [1.29, 1.82) is 0 Å². The Balaban J connectivity index is 1.74. The van der Waals surface area contributed by atoms with Gasteiger partial charge in [-0.25, -0.2) is 0 Å². The second-order valence-electron chi connectivity index (χ2n) is 8.67. The van der Waals surface area contributed by atoms with Gasteiger partial charge in [-0.15, -0.1) is 0 Å². The van der Waals surface area contributed by atoms with E-state index in [0.29, 0.717) is 24.0 Å². The molecule has 0 aromatic heterocycles. The number of likely N-dealkylation sites (tertiary alicyclic amines) is 1. The van der Waals surface area contributed by atoms with Gasteiger partial charge in [-0.3, -0.25) is 14.7 Å². The zero-order chi connectivity index (χ0) is 19.8. The van der Waals surface area contributed by atoms with Crippen LogP contribution in [0, 0.1) is 5.92 Å². The van der Waals surface area contributed by atoms with Crippen molar-refractivity contribution in [2.75, 3.05) is 33.2 Å². The largest absolute Gasteiger partial charge is 0.355 e. The molecule has 1 atom stereocenters. The summed E-state index contributed by atoms with van der Waals surface area (Å²) >= 11 is 0. The second kappa shape index (κ2) is 10.9. The zero-order valence-corrected chi connectivity index (χ0v) is 18.1. The molecule has 1 amide bonds. The number of carbonyl (C=O) groups excluding carboxylic acids is 1. The molecular formula is C21H41N5O. The second-order valence-corrected chi connectivity index (χ2v) is 8.67. The summed E-state index contributed by atoms with van der Waals surface area (Å²) in [4.78, 5) is 21.6. The van der Waals surface area contributed by atoms with Gasteiger partial charge in [0.2, 0.25) is 5.91 Å². The molecule has 6 heteroatoms. The summed E-state index contributed by atoms with van der Waals surface area (Å²) in [5, 5.41) is 6.95. The lowest BCUT2D eigenvalue weighted by Gasteiger charge is -2.30. The van der Waals surface area contributed by atoms with Gasteiger partial charge in [0, 0.05) is 57.3 Å².